The third-order valence-corrected chi connectivity index (χ3v) is 6.35. The second-order valence-corrected chi connectivity index (χ2v) is 8.81. The zero-order chi connectivity index (χ0) is 21.1. The molecule has 1 aliphatic carbocycles. The molecule has 0 spiro atoms. The molecule has 1 aliphatic rings. The molecule has 0 aromatic heterocycles. The van der Waals surface area contributed by atoms with Crippen molar-refractivity contribution < 1.29 is 17.9 Å². The zero-order valence-electron chi connectivity index (χ0n) is 16.1. The molecule has 0 atom stereocenters. The van der Waals surface area contributed by atoms with E-state index in [0.717, 1.165) is 5.56 Å². The number of ether oxygens (including phenoxy) is 1. The van der Waals surface area contributed by atoms with Gasteiger partial charge in [-0.3, -0.25) is 4.79 Å². The lowest BCUT2D eigenvalue weighted by molar-refractivity contribution is 0.0922. The molecule has 3 N–H and O–H groups in total. The van der Waals surface area contributed by atoms with Gasteiger partial charge >= 0.3 is 0 Å². The molecule has 29 heavy (non-hydrogen) atoms. The number of carbonyl (C=O) groups is 1. The Hall–Kier alpha value is -2.89. The summed E-state index contributed by atoms with van der Waals surface area (Å²) in [5.74, 6) is 0.355. The van der Waals surface area contributed by atoms with Gasteiger partial charge in [0, 0.05) is 11.6 Å². The summed E-state index contributed by atoms with van der Waals surface area (Å²) in [4.78, 5) is 12.4. The summed E-state index contributed by atoms with van der Waals surface area (Å²) in [5.41, 5.74) is 0.551. The third kappa shape index (κ3) is 4.58. The van der Waals surface area contributed by atoms with Crippen molar-refractivity contribution in [2.75, 3.05) is 7.11 Å². The summed E-state index contributed by atoms with van der Waals surface area (Å²) >= 11 is 0. The molecule has 0 heterocycles. The predicted molar refractivity (Wildman–Crippen MR) is 108 cm³/mol. The van der Waals surface area contributed by atoms with Crippen molar-refractivity contribution in [3.05, 3.63) is 59.7 Å². The minimum Gasteiger partial charge on any atom is -0.497 e. The van der Waals surface area contributed by atoms with Crippen LogP contribution in [0, 0.1) is 11.3 Å². The number of carbonyl (C=O) groups excluding carboxylic acids is 1. The lowest BCUT2D eigenvalue weighted by Gasteiger charge is -2.35. The first kappa shape index (κ1) is 20.8. The summed E-state index contributed by atoms with van der Waals surface area (Å²) in [6, 6.07) is 15.6. The number of hydrogen-bond donors (Lipinski definition) is 2. The quantitative estimate of drug-likeness (QED) is 0.780. The number of benzene rings is 2. The fourth-order valence-corrected chi connectivity index (χ4v) is 4.28. The van der Waals surface area contributed by atoms with Gasteiger partial charge in [-0.05, 0) is 61.6 Å². The Bertz CT molecular complexity index is 1050. The van der Waals surface area contributed by atoms with Gasteiger partial charge in [0.1, 0.15) is 5.75 Å². The minimum atomic E-state index is -3.87. The molecular weight excluding hydrogens is 390 g/mol. The standard InChI is InChI=1S/C21H23N3O4S/c1-28-18-6-3-5-16(13-18)21(14-22)10-8-17(9-11-21)24-20(25)15-4-2-7-19(12-15)29(23,26)27/h2-7,12-13,17H,8-11H2,1H3,(H,24,25)(H2,23,26,27)/t17-,21-. The predicted octanol–water partition coefficient (Wildman–Crippen LogP) is 2.48. The van der Waals surface area contributed by atoms with E-state index in [0.29, 0.717) is 31.4 Å². The van der Waals surface area contributed by atoms with E-state index >= 15 is 0 Å². The van der Waals surface area contributed by atoms with Gasteiger partial charge in [-0.2, -0.15) is 5.26 Å². The molecule has 1 fully saturated rings. The van der Waals surface area contributed by atoms with Crippen LogP contribution < -0.4 is 15.2 Å². The summed E-state index contributed by atoms with van der Waals surface area (Å²) in [6.07, 6.45) is 2.51. The van der Waals surface area contributed by atoms with E-state index in [1.54, 1.807) is 13.2 Å². The fraction of sp³-hybridized carbons (Fsp3) is 0.333. The Morgan fingerprint density at radius 1 is 1.21 bits per heavy atom. The second kappa shape index (κ2) is 8.23. The van der Waals surface area contributed by atoms with Gasteiger partial charge in [-0.1, -0.05) is 18.2 Å². The first-order chi connectivity index (χ1) is 13.8. The van der Waals surface area contributed by atoms with Crippen LogP contribution in [0.25, 0.3) is 0 Å². The van der Waals surface area contributed by atoms with Crippen LogP contribution in [-0.4, -0.2) is 27.5 Å². The Morgan fingerprint density at radius 2 is 1.90 bits per heavy atom. The van der Waals surface area contributed by atoms with Crippen molar-refractivity contribution in [3.63, 3.8) is 0 Å². The van der Waals surface area contributed by atoms with E-state index in [4.69, 9.17) is 9.88 Å². The second-order valence-electron chi connectivity index (χ2n) is 7.25. The number of methoxy groups -OCH3 is 1. The summed E-state index contributed by atoms with van der Waals surface area (Å²) in [7, 11) is -2.28. The average Bonchev–Trinajstić information content (AvgIpc) is 2.74. The average molecular weight is 413 g/mol. The highest BCUT2D eigenvalue weighted by atomic mass is 32.2. The topological polar surface area (TPSA) is 122 Å². The van der Waals surface area contributed by atoms with Crippen molar-refractivity contribution in [2.45, 2.75) is 42.0 Å². The number of nitrogens with two attached hydrogens (primary N) is 1. The third-order valence-electron chi connectivity index (χ3n) is 5.44. The first-order valence-corrected chi connectivity index (χ1v) is 10.8. The maximum Gasteiger partial charge on any atom is 0.251 e. The largest absolute Gasteiger partial charge is 0.497 e. The Kier molecular flexibility index (Phi) is 5.91. The number of primary sulfonamides is 1. The Balaban J connectivity index is 1.69. The molecule has 0 radical (unpaired) electrons. The molecule has 2 aromatic rings. The van der Waals surface area contributed by atoms with Crippen LogP contribution in [0.5, 0.6) is 5.75 Å². The van der Waals surface area contributed by atoms with Crippen molar-refractivity contribution >= 4 is 15.9 Å². The molecule has 2 aromatic carbocycles. The Morgan fingerprint density at radius 3 is 2.52 bits per heavy atom. The van der Waals surface area contributed by atoms with Crippen LogP contribution in [0.3, 0.4) is 0 Å². The number of amides is 1. The van der Waals surface area contributed by atoms with Gasteiger partial charge in [-0.25, -0.2) is 13.6 Å². The van der Waals surface area contributed by atoms with Crippen molar-refractivity contribution in [1.82, 2.24) is 5.32 Å². The van der Waals surface area contributed by atoms with Crippen LogP contribution in [0.4, 0.5) is 0 Å². The van der Waals surface area contributed by atoms with Gasteiger partial charge in [0.15, 0.2) is 0 Å². The first-order valence-electron chi connectivity index (χ1n) is 9.27. The minimum absolute atomic E-state index is 0.0901. The van der Waals surface area contributed by atoms with Crippen LogP contribution in [0.1, 0.15) is 41.6 Å². The van der Waals surface area contributed by atoms with E-state index in [1.165, 1.54) is 18.2 Å². The van der Waals surface area contributed by atoms with Gasteiger partial charge in [0.2, 0.25) is 10.0 Å². The van der Waals surface area contributed by atoms with Crippen molar-refractivity contribution in [1.29, 1.82) is 5.26 Å². The SMILES string of the molecule is COc1cccc([C@]2(C#N)CC[C@@H](NC(=O)c3cccc(S(N)(=O)=O)c3)CC2)c1. The smallest absolute Gasteiger partial charge is 0.251 e. The van der Waals surface area contributed by atoms with E-state index in [9.17, 15) is 18.5 Å². The highest BCUT2D eigenvalue weighted by Crippen LogP contribution is 2.40. The lowest BCUT2D eigenvalue weighted by Crippen LogP contribution is -2.41. The summed E-state index contributed by atoms with van der Waals surface area (Å²) < 4.78 is 28.3. The highest BCUT2D eigenvalue weighted by Gasteiger charge is 2.37. The summed E-state index contributed by atoms with van der Waals surface area (Å²) in [5, 5.41) is 17.9. The van der Waals surface area contributed by atoms with Gasteiger partial charge in [0.25, 0.3) is 5.91 Å². The van der Waals surface area contributed by atoms with Crippen LogP contribution in [0.15, 0.2) is 53.4 Å². The van der Waals surface area contributed by atoms with Crippen LogP contribution >= 0.6 is 0 Å². The van der Waals surface area contributed by atoms with Crippen LogP contribution in [-0.2, 0) is 15.4 Å². The number of nitrogens with zero attached hydrogens (tertiary/aromatic N) is 1. The van der Waals surface area contributed by atoms with Crippen molar-refractivity contribution in [3.8, 4) is 11.8 Å². The van der Waals surface area contributed by atoms with Gasteiger partial charge in [-0.15, -0.1) is 0 Å². The monoisotopic (exact) mass is 413 g/mol. The number of hydrogen-bond acceptors (Lipinski definition) is 5. The number of sulfonamides is 1. The maximum atomic E-state index is 12.5. The van der Waals surface area contributed by atoms with E-state index in [-0.39, 0.29) is 22.4 Å². The molecule has 8 heteroatoms. The molecular formula is C21H23N3O4S. The molecule has 0 bridgehead atoms. The summed E-state index contributed by atoms with van der Waals surface area (Å²) in [6.45, 7) is 0. The molecule has 152 valence electrons. The maximum absolute atomic E-state index is 12.5. The van der Waals surface area contributed by atoms with Gasteiger partial charge < -0.3 is 10.1 Å². The fourth-order valence-electron chi connectivity index (χ4n) is 3.72. The van der Waals surface area contributed by atoms with E-state index in [1.807, 2.05) is 24.3 Å². The van der Waals surface area contributed by atoms with E-state index < -0.39 is 15.4 Å². The number of rotatable bonds is 5. The van der Waals surface area contributed by atoms with E-state index in [2.05, 4.69) is 11.4 Å². The van der Waals surface area contributed by atoms with Crippen LogP contribution in [0.2, 0.25) is 0 Å². The molecule has 1 amide bonds. The number of nitrogens with one attached hydrogen (secondary N) is 1. The molecule has 0 aliphatic heterocycles. The normalized spacial score (nSPS) is 21.8. The lowest BCUT2D eigenvalue weighted by atomic mass is 9.69. The molecule has 0 unspecified atom stereocenters. The molecule has 3 rings (SSSR count). The number of nitriles is 1. The highest BCUT2D eigenvalue weighted by molar-refractivity contribution is 7.89. The van der Waals surface area contributed by atoms with Gasteiger partial charge in [0.05, 0.1) is 23.5 Å². The van der Waals surface area contributed by atoms with Crippen molar-refractivity contribution in [2.24, 2.45) is 5.14 Å². The Labute approximate surface area is 170 Å². The zero-order valence-corrected chi connectivity index (χ0v) is 16.9. The molecule has 1 saturated carbocycles. The molecule has 7 nitrogen and oxygen atoms in total. The molecule has 0 saturated heterocycles.